The molecule has 1 aromatic rings. The summed E-state index contributed by atoms with van der Waals surface area (Å²) in [7, 11) is 3.01. The van der Waals surface area contributed by atoms with Crippen molar-refractivity contribution in [3.8, 4) is 0 Å². The lowest BCUT2D eigenvalue weighted by Gasteiger charge is -2.31. The number of aromatic nitrogens is 1. The number of nitrogen functional groups attached to an aromatic ring is 1. The van der Waals surface area contributed by atoms with Crippen molar-refractivity contribution >= 4 is 17.5 Å². The average Bonchev–Trinajstić information content (AvgIpc) is 3.32. The molecule has 0 spiro atoms. The lowest BCUT2D eigenvalue weighted by atomic mass is 10.1. The van der Waals surface area contributed by atoms with E-state index in [1.807, 2.05) is 0 Å². The molecule has 6 nitrogen and oxygen atoms in total. The highest BCUT2D eigenvalue weighted by molar-refractivity contribution is 5.88. The van der Waals surface area contributed by atoms with E-state index < -0.39 is 5.97 Å². The van der Waals surface area contributed by atoms with Gasteiger partial charge in [0, 0.05) is 19.7 Å². The maximum atomic E-state index is 11.7. The minimum Gasteiger partial charge on any atom is -0.464 e. The van der Waals surface area contributed by atoms with Gasteiger partial charge >= 0.3 is 5.97 Å². The van der Waals surface area contributed by atoms with Gasteiger partial charge in [-0.05, 0) is 37.8 Å². The number of hydrogen-bond donors (Lipinski definition) is 1. The Hall–Kier alpha value is -1.82. The highest BCUT2D eigenvalue weighted by atomic mass is 16.5. The van der Waals surface area contributed by atoms with Crippen LogP contribution in [0.15, 0.2) is 12.1 Å². The number of carbonyl (C=O) groups is 1. The Morgan fingerprint density at radius 1 is 1.48 bits per heavy atom. The topological polar surface area (TPSA) is 77.7 Å². The van der Waals surface area contributed by atoms with Gasteiger partial charge in [0.1, 0.15) is 0 Å². The molecule has 2 rings (SSSR count). The fraction of sp³-hybridized carbons (Fsp3) is 0.600. The van der Waals surface area contributed by atoms with Crippen molar-refractivity contribution in [1.29, 1.82) is 0 Å². The van der Waals surface area contributed by atoms with Crippen LogP contribution in [-0.4, -0.2) is 44.4 Å². The van der Waals surface area contributed by atoms with Crippen molar-refractivity contribution in [3.63, 3.8) is 0 Å². The van der Waals surface area contributed by atoms with Gasteiger partial charge in [-0.3, -0.25) is 0 Å². The van der Waals surface area contributed by atoms with Crippen molar-refractivity contribution in [3.05, 3.63) is 17.8 Å². The molecule has 0 aliphatic heterocycles. The number of methoxy groups -OCH3 is 2. The summed E-state index contributed by atoms with van der Waals surface area (Å²) in [6.45, 7) is 3.44. The number of nitrogens with two attached hydrogens (primary N) is 1. The maximum Gasteiger partial charge on any atom is 0.356 e. The molecule has 1 heterocycles. The third-order valence-corrected chi connectivity index (χ3v) is 3.90. The Balaban J connectivity index is 2.30. The Bertz CT molecular complexity index is 503. The number of carbonyl (C=O) groups excluding carboxylic acids is 1. The lowest BCUT2D eigenvalue weighted by Crippen LogP contribution is -2.38. The number of ether oxygens (including phenoxy) is 2. The molecular weight excluding hydrogens is 270 g/mol. The summed E-state index contributed by atoms with van der Waals surface area (Å²) >= 11 is 0. The van der Waals surface area contributed by atoms with E-state index in [1.54, 1.807) is 19.2 Å². The van der Waals surface area contributed by atoms with Gasteiger partial charge in [0.2, 0.25) is 0 Å². The monoisotopic (exact) mass is 293 g/mol. The van der Waals surface area contributed by atoms with E-state index in [-0.39, 0.29) is 5.69 Å². The number of nitrogens with zero attached hydrogens (tertiary/aromatic N) is 2. The zero-order chi connectivity index (χ0) is 15.4. The summed E-state index contributed by atoms with van der Waals surface area (Å²) in [5.41, 5.74) is 6.90. The summed E-state index contributed by atoms with van der Waals surface area (Å²) in [6, 6.07) is 3.61. The molecule has 0 aromatic carbocycles. The lowest BCUT2D eigenvalue weighted by molar-refractivity contribution is 0.0594. The Morgan fingerprint density at radius 3 is 2.76 bits per heavy atom. The van der Waals surface area contributed by atoms with E-state index in [4.69, 9.17) is 15.2 Å². The van der Waals surface area contributed by atoms with Gasteiger partial charge < -0.3 is 20.1 Å². The molecule has 1 saturated carbocycles. The summed E-state index contributed by atoms with van der Waals surface area (Å²) in [6.07, 6.45) is 2.45. The second-order valence-electron chi connectivity index (χ2n) is 5.37. The van der Waals surface area contributed by atoms with Gasteiger partial charge in [0.05, 0.1) is 19.4 Å². The fourth-order valence-electron chi connectivity index (χ4n) is 2.43. The summed E-state index contributed by atoms with van der Waals surface area (Å²) in [5, 5.41) is 0. The second kappa shape index (κ2) is 6.76. The SMILES string of the molecule is COCCN(c1nc(C(=O)OC)ccc1N)C(C)C1CC1. The van der Waals surface area contributed by atoms with E-state index in [2.05, 4.69) is 16.8 Å². The number of rotatable bonds is 7. The first-order chi connectivity index (χ1) is 10.1. The van der Waals surface area contributed by atoms with E-state index in [9.17, 15) is 4.79 Å². The minimum atomic E-state index is -0.456. The molecule has 2 N–H and O–H groups in total. The third-order valence-electron chi connectivity index (χ3n) is 3.90. The van der Waals surface area contributed by atoms with Crippen LogP contribution in [0.1, 0.15) is 30.3 Å². The van der Waals surface area contributed by atoms with Gasteiger partial charge in [-0.15, -0.1) is 0 Å². The van der Waals surface area contributed by atoms with Gasteiger partial charge in [-0.1, -0.05) is 0 Å². The number of anilines is 2. The second-order valence-corrected chi connectivity index (χ2v) is 5.37. The highest BCUT2D eigenvalue weighted by Gasteiger charge is 2.33. The van der Waals surface area contributed by atoms with E-state index in [0.717, 1.165) is 0 Å². The molecule has 0 saturated heterocycles. The zero-order valence-electron chi connectivity index (χ0n) is 12.8. The molecule has 116 valence electrons. The van der Waals surface area contributed by atoms with Crippen molar-refractivity contribution in [2.24, 2.45) is 5.92 Å². The smallest absolute Gasteiger partial charge is 0.356 e. The molecule has 1 aliphatic rings. The first-order valence-corrected chi connectivity index (χ1v) is 7.19. The molecular formula is C15H23N3O3. The number of esters is 1. The van der Waals surface area contributed by atoms with Crippen molar-refractivity contribution in [1.82, 2.24) is 4.98 Å². The molecule has 1 aliphatic carbocycles. The normalized spacial score (nSPS) is 15.6. The summed E-state index contributed by atoms with van der Waals surface area (Å²) < 4.78 is 9.91. The average molecular weight is 293 g/mol. The molecule has 0 radical (unpaired) electrons. The highest BCUT2D eigenvalue weighted by Crippen LogP contribution is 2.37. The van der Waals surface area contributed by atoms with Gasteiger partial charge in [0.25, 0.3) is 0 Å². The molecule has 1 aromatic heterocycles. The molecule has 6 heteroatoms. The first-order valence-electron chi connectivity index (χ1n) is 7.19. The van der Waals surface area contributed by atoms with E-state index in [1.165, 1.54) is 20.0 Å². The maximum absolute atomic E-state index is 11.7. The van der Waals surface area contributed by atoms with Gasteiger partial charge in [-0.2, -0.15) is 0 Å². The molecule has 1 fully saturated rings. The van der Waals surface area contributed by atoms with Gasteiger partial charge in [-0.25, -0.2) is 9.78 Å². The predicted octanol–water partition coefficient (Wildman–Crippen LogP) is 1.70. The summed E-state index contributed by atoms with van der Waals surface area (Å²) in [4.78, 5) is 18.2. The van der Waals surface area contributed by atoms with Crippen molar-refractivity contribution < 1.29 is 14.3 Å². The minimum absolute atomic E-state index is 0.270. The fourth-order valence-corrected chi connectivity index (χ4v) is 2.43. The number of hydrogen-bond acceptors (Lipinski definition) is 6. The predicted molar refractivity (Wildman–Crippen MR) is 81.4 cm³/mol. The molecule has 0 bridgehead atoms. The van der Waals surface area contributed by atoms with Crippen LogP contribution in [0.5, 0.6) is 0 Å². The van der Waals surface area contributed by atoms with E-state index in [0.29, 0.717) is 36.6 Å². The van der Waals surface area contributed by atoms with Gasteiger partial charge in [0.15, 0.2) is 11.5 Å². The van der Waals surface area contributed by atoms with Crippen molar-refractivity contribution in [2.75, 3.05) is 38.0 Å². The van der Waals surface area contributed by atoms with Crippen LogP contribution in [0.25, 0.3) is 0 Å². The van der Waals surface area contributed by atoms with Crippen LogP contribution in [-0.2, 0) is 9.47 Å². The first kappa shape index (κ1) is 15.6. The van der Waals surface area contributed by atoms with Crippen LogP contribution in [0.4, 0.5) is 11.5 Å². The molecule has 21 heavy (non-hydrogen) atoms. The van der Waals surface area contributed by atoms with Crippen LogP contribution >= 0.6 is 0 Å². The quantitative estimate of drug-likeness (QED) is 0.771. The molecule has 0 amide bonds. The van der Waals surface area contributed by atoms with Crippen LogP contribution in [0.3, 0.4) is 0 Å². The number of pyridine rings is 1. The molecule has 1 atom stereocenters. The van der Waals surface area contributed by atoms with E-state index >= 15 is 0 Å². The third kappa shape index (κ3) is 3.64. The Kier molecular flexibility index (Phi) is 5.01. The Labute approximate surface area is 125 Å². The zero-order valence-corrected chi connectivity index (χ0v) is 12.8. The van der Waals surface area contributed by atoms with Crippen LogP contribution in [0, 0.1) is 5.92 Å². The summed E-state index contributed by atoms with van der Waals surface area (Å²) in [5.74, 6) is 0.834. The molecule has 1 unspecified atom stereocenters. The Morgan fingerprint density at radius 2 is 2.19 bits per heavy atom. The van der Waals surface area contributed by atoms with Crippen LogP contribution < -0.4 is 10.6 Å². The largest absolute Gasteiger partial charge is 0.464 e. The van der Waals surface area contributed by atoms with Crippen LogP contribution in [0.2, 0.25) is 0 Å². The standard InChI is InChI=1S/C15H23N3O3/c1-10(11-4-5-11)18(8-9-20-2)14-12(16)6-7-13(17-14)15(19)21-3/h6-7,10-11H,4-5,8-9,16H2,1-3H3. The van der Waals surface area contributed by atoms with Crippen molar-refractivity contribution in [2.45, 2.75) is 25.8 Å².